The number of rotatable bonds is 5. The molecule has 3 rings (SSSR count). The highest BCUT2D eigenvalue weighted by Crippen LogP contribution is 2.31. The van der Waals surface area contributed by atoms with Gasteiger partial charge in [-0.25, -0.2) is 4.39 Å². The Hall–Kier alpha value is -3.55. The second-order valence-corrected chi connectivity index (χ2v) is 5.54. The maximum atomic E-state index is 13.4. The number of benzene rings is 2. The summed E-state index contributed by atoms with van der Waals surface area (Å²) in [6.45, 7) is 1.83. The average Bonchev–Trinajstić information content (AvgIpc) is 2.85. The molecular weight excluding hydrogens is 341 g/mol. The van der Waals surface area contributed by atoms with Crippen LogP contribution in [0.4, 0.5) is 15.8 Å². The lowest BCUT2D eigenvalue weighted by atomic mass is 10.0. The smallest absolute Gasteiger partial charge is 0.278 e. The summed E-state index contributed by atoms with van der Waals surface area (Å²) in [4.78, 5) is 36.5. The Morgan fingerprint density at radius 2 is 1.81 bits per heavy atom. The molecule has 2 aromatic carbocycles. The number of anilines is 1. The van der Waals surface area contributed by atoms with E-state index in [2.05, 4.69) is 5.32 Å². The van der Waals surface area contributed by atoms with E-state index in [9.17, 15) is 24.1 Å². The molecule has 8 heteroatoms. The third-order valence-corrected chi connectivity index (χ3v) is 3.95. The number of non-ortho nitro benzene ring substituents is 1. The number of likely N-dealkylation sites (N-methyl/N-ethyl adjacent to an activating group) is 1. The molecule has 0 saturated carbocycles. The number of nitrogens with zero attached hydrogens (tertiary/aromatic N) is 2. The van der Waals surface area contributed by atoms with Gasteiger partial charge >= 0.3 is 0 Å². The zero-order valence-electron chi connectivity index (χ0n) is 13.7. The van der Waals surface area contributed by atoms with E-state index in [4.69, 9.17) is 0 Å². The van der Waals surface area contributed by atoms with Gasteiger partial charge in [0.05, 0.1) is 10.5 Å². The zero-order chi connectivity index (χ0) is 18.8. The molecule has 0 fully saturated rings. The molecule has 1 aliphatic rings. The molecule has 0 bridgehead atoms. The van der Waals surface area contributed by atoms with Crippen molar-refractivity contribution in [3.8, 4) is 0 Å². The molecule has 1 N–H and O–H groups in total. The van der Waals surface area contributed by atoms with Crippen molar-refractivity contribution in [2.75, 3.05) is 11.9 Å². The van der Waals surface area contributed by atoms with Crippen molar-refractivity contribution in [2.45, 2.75) is 6.92 Å². The summed E-state index contributed by atoms with van der Waals surface area (Å²) >= 11 is 0. The predicted octanol–water partition coefficient (Wildman–Crippen LogP) is 2.95. The molecule has 0 radical (unpaired) electrons. The van der Waals surface area contributed by atoms with Gasteiger partial charge in [0.25, 0.3) is 17.5 Å². The Labute approximate surface area is 147 Å². The summed E-state index contributed by atoms with van der Waals surface area (Å²) < 4.78 is 13.4. The molecule has 2 aromatic rings. The first kappa shape index (κ1) is 17.3. The lowest BCUT2D eigenvalue weighted by molar-refractivity contribution is -0.384. The standard InChI is InChI=1S/C18H14FN3O4/c1-2-21-17(23)15(11-6-8-14(9-7-11)22(25)26)16(18(21)24)20-13-5-3-4-12(19)10-13/h3-10,20H,2H2,1H3. The maximum Gasteiger partial charge on any atom is 0.278 e. The van der Waals surface area contributed by atoms with Gasteiger partial charge in [-0.1, -0.05) is 6.07 Å². The van der Waals surface area contributed by atoms with Crippen molar-refractivity contribution in [3.63, 3.8) is 0 Å². The van der Waals surface area contributed by atoms with Crippen molar-refractivity contribution < 1.29 is 18.9 Å². The molecule has 0 aliphatic carbocycles. The van der Waals surface area contributed by atoms with E-state index in [-0.39, 0.29) is 23.5 Å². The van der Waals surface area contributed by atoms with Crippen LogP contribution in [0.15, 0.2) is 54.2 Å². The van der Waals surface area contributed by atoms with E-state index in [1.165, 1.54) is 42.5 Å². The van der Waals surface area contributed by atoms with Gasteiger partial charge in [0, 0.05) is 24.4 Å². The topological polar surface area (TPSA) is 92.6 Å². The first-order valence-corrected chi connectivity index (χ1v) is 7.80. The Morgan fingerprint density at radius 1 is 1.12 bits per heavy atom. The van der Waals surface area contributed by atoms with Gasteiger partial charge in [-0.3, -0.25) is 24.6 Å². The van der Waals surface area contributed by atoms with Gasteiger partial charge < -0.3 is 5.32 Å². The van der Waals surface area contributed by atoms with Gasteiger partial charge in [-0.05, 0) is 42.8 Å². The lowest BCUT2D eigenvalue weighted by Crippen LogP contribution is -2.32. The molecule has 0 atom stereocenters. The molecule has 0 unspecified atom stereocenters. The SMILES string of the molecule is CCN1C(=O)C(Nc2cccc(F)c2)=C(c2ccc([N+](=O)[O-])cc2)C1=O. The molecule has 26 heavy (non-hydrogen) atoms. The van der Waals surface area contributed by atoms with Crippen LogP contribution < -0.4 is 5.32 Å². The predicted molar refractivity (Wildman–Crippen MR) is 92.4 cm³/mol. The molecule has 1 aliphatic heterocycles. The second kappa shape index (κ2) is 6.75. The number of nitro benzene ring substituents is 1. The molecule has 1 heterocycles. The Bertz CT molecular complexity index is 938. The van der Waals surface area contributed by atoms with Crippen molar-refractivity contribution in [1.82, 2.24) is 4.90 Å². The quantitative estimate of drug-likeness (QED) is 0.506. The number of nitro groups is 1. The number of halogens is 1. The highest BCUT2D eigenvalue weighted by molar-refractivity contribution is 6.36. The van der Waals surface area contributed by atoms with Crippen molar-refractivity contribution >= 4 is 28.8 Å². The molecule has 132 valence electrons. The molecule has 0 aromatic heterocycles. The number of imide groups is 1. The number of carbonyl (C=O) groups is 2. The first-order valence-electron chi connectivity index (χ1n) is 7.80. The first-order chi connectivity index (χ1) is 12.4. The zero-order valence-corrected chi connectivity index (χ0v) is 13.7. The van der Waals surface area contributed by atoms with Gasteiger partial charge in [0.15, 0.2) is 0 Å². The molecule has 0 saturated heterocycles. The van der Waals surface area contributed by atoms with Crippen LogP contribution in [0.1, 0.15) is 12.5 Å². The monoisotopic (exact) mass is 355 g/mol. The minimum Gasteiger partial charge on any atom is -0.350 e. The summed E-state index contributed by atoms with van der Waals surface area (Å²) in [5.41, 5.74) is 0.660. The van der Waals surface area contributed by atoms with E-state index >= 15 is 0 Å². The highest BCUT2D eigenvalue weighted by atomic mass is 19.1. The second-order valence-electron chi connectivity index (χ2n) is 5.54. The van der Waals surface area contributed by atoms with Gasteiger partial charge in [-0.15, -0.1) is 0 Å². The summed E-state index contributed by atoms with van der Waals surface area (Å²) in [6, 6.07) is 10.8. The fourth-order valence-electron chi connectivity index (χ4n) is 2.71. The van der Waals surface area contributed by atoms with Crippen LogP contribution in [-0.4, -0.2) is 28.2 Å². The number of amides is 2. The highest BCUT2D eigenvalue weighted by Gasteiger charge is 2.38. The normalized spacial score (nSPS) is 14.2. The van der Waals surface area contributed by atoms with Crippen LogP contribution in [0, 0.1) is 15.9 Å². The summed E-state index contributed by atoms with van der Waals surface area (Å²) in [6.07, 6.45) is 0. The molecular formula is C18H14FN3O4. The van der Waals surface area contributed by atoms with Crippen LogP contribution in [0.3, 0.4) is 0 Å². The maximum absolute atomic E-state index is 13.4. The van der Waals surface area contributed by atoms with Crippen LogP contribution in [-0.2, 0) is 9.59 Å². The van der Waals surface area contributed by atoms with Crippen molar-refractivity contribution in [3.05, 3.63) is 75.7 Å². The lowest BCUT2D eigenvalue weighted by Gasteiger charge is -2.12. The van der Waals surface area contributed by atoms with Crippen LogP contribution in [0.25, 0.3) is 5.57 Å². The van der Waals surface area contributed by atoms with Crippen LogP contribution >= 0.6 is 0 Å². The minimum atomic E-state index is -0.552. The van der Waals surface area contributed by atoms with Gasteiger partial charge in [-0.2, -0.15) is 0 Å². The summed E-state index contributed by atoms with van der Waals surface area (Å²) in [7, 11) is 0. The van der Waals surface area contributed by atoms with E-state index in [0.29, 0.717) is 11.3 Å². The molecule has 7 nitrogen and oxygen atoms in total. The number of carbonyl (C=O) groups excluding carboxylic acids is 2. The van der Waals surface area contributed by atoms with E-state index in [1.807, 2.05) is 0 Å². The van der Waals surface area contributed by atoms with Crippen molar-refractivity contribution in [2.24, 2.45) is 0 Å². The van der Waals surface area contributed by atoms with Crippen LogP contribution in [0.2, 0.25) is 0 Å². The summed E-state index contributed by atoms with van der Waals surface area (Å²) in [5.74, 6) is -1.53. The van der Waals surface area contributed by atoms with E-state index in [0.717, 1.165) is 4.90 Å². The van der Waals surface area contributed by atoms with Gasteiger partial charge in [0.1, 0.15) is 11.5 Å². The third-order valence-electron chi connectivity index (χ3n) is 3.95. The fraction of sp³-hybridized carbons (Fsp3) is 0.111. The fourth-order valence-corrected chi connectivity index (χ4v) is 2.71. The van der Waals surface area contributed by atoms with E-state index in [1.54, 1.807) is 13.0 Å². The molecule has 2 amide bonds. The van der Waals surface area contributed by atoms with Gasteiger partial charge in [0.2, 0.25) is 0 Å². The minimum absolute atomic E-state index is 0.0105. The van der Waals surface area contributed by atoms with E-state index < -0.39 is 22.6 Å². The largest absolute Gasteiger partial charge is 0.350 e. The Balaban J connectivity index is 2.08. The average molecular weight is 355 g/mol. The number of nitrogens with one attached hydrogen (secondary N) is 1. The molecule has 0 spiro atoms. The Morgan fingerprint density at radius 3 is 2.38 bits per heavy atom. The Kier molecular flexibility index (Phi) is 4.49. The number of hydrogen-bond acceptors (Lipinski definition) is 5. The number of hydrogen-bond donors (Lipinski definition) is 1. The van der Waals surface area contributed by atoms with Crippen molar-refractivity contribution in [1.29, 1.82) is 0 Å². The third kappa shape index (κ3) is 3.04. The summed E-state index contributed by atoms with van der Waals surface area (Å²) in [5, 5.41) is 13.6. The van der Waals surface area contributed by atoms with Crippen LogP contribution in [0.5, 0.6) is 0 Å².